The molecule has 1 heterocycles. The van der Waals surface area contributed by atoms with E-state index < -0.39 is 0 Å². The highest BCUT2D eigenvalue weighted by Gasteiger charge is 2.08. The SMILES string of the molecule is CCc1ccc2cc(Br)sc2c1F. The lowest BCUT2D eigenvalue weighted by Crippen LogP contribution is -1.85. The van der Waals surface area contributed by atoms with Crippen LogP contribution in [0.3, 0.4) is 0 Å². The van der Waals surface area contributed by atoms with Gasteiger partial charge in [-0.2, -0.15) is 0 Å². The van der Waals surface area contributed by atoms with Crippen molar-refractivity contribution in [3.63, 3.8) is 0 Å². The summed E-state index contributed by atoms with van der Waals surface area (Å²) in [5.41, 5.74) is 0.793. The molecule has 0 spiro atoms. The Labute approximate surface area is 88.5 Å². The molecule has 0 atom stereocenters. The van der Waals surface area contributed by atoms with E-state index in [9.17, 15) is 4.39 Å². The molecule has 0 fully saturated rings. The molecule has 0 unspecified atom stereocenters. The van der Waals surface area contributed by atoms with E-state index in [1.807, 2.05) is 25.1 Å². The van der Waals surface area contributed by atoms with Gasteiger partial charge in [-0.3, -0.25) is 0 Å². The molecule has 0 saturated heterocycles. The van der Waals surface area contributed by atoms with E-state index in [1.54, 1.807) is 0 Å². The van der Waals surface area contributed by atoms with Crippen LogP contribution in [0.5, 0.6) is 0 Å². The number of hydrogen-bond donors (Lipinski definition) is 0. The van der Waals surface area contributed by atoms with Gasteiger partial charge in [-0.05, 0) is 39.4 Å². The van der Waals surface area contributed by atoms with Crippen LogP contribution in [0.4, 0.5) is 4.39 Å². The van der Waals surface area contributed by atoms with Crippen LogP contribution in [0.15, 0.2) is 22.0 Å². The van der Waals surface area contributed by atoms with Crippen LogP contribution in [0.25, 0.3) is 10.1 Å². The van der Waals surface area contributed by atoms with Gasteiger partial charge in [0.05, 0.1) is 8.49 Å². The maximum atomic E-state index is 13.7. The third-order valence-electron chi connectivity index (χ3n) is 2.06. The second-order valence-electron chi connectivity index (χ2n) is 2.86. The number of aryl methyl sites for hydroxylation is 1. The number of thiophene rings is 1. The molecule has 0 saturated carbocycles. The third-order valence-corrected chi connectivity index (χ3v) is 3.70. The maximum Gasteiger partial charge on any atom is 0.144 e. The highest BCUT2D eigenvalue weighted by Crippen LogP contribution is 2.32. The van der Waals surface area contributed by atoms with E-state index in [2.05, 4.69) is 15.9 Å². The van der Waals surface area contributed by atoms with Crippen LogP contribution < -0.4 is 0 Å². The van der Waals surface area contributed by atoms with Crippen molar-refractivity contribution < 1.29 is 4.39 Å². The van der Waals surface area contributed by atoms with Crippen LogP contribution in [0, 0.1) is 5.82 Å². The summed E-state index contributed by atoms with van der Waals surface area (Å²) >= 11 is 4.81. The predicted molar refractivity (Wildman–Crippen MR) is 58.9 cm³/mol. The average molecular weight is 259 g/mol. The molecule has 0 aliphatic carbocycles. The molecule has 0 amide bonds. The summed E-state index contributed by atoms with van der Waals surface area (Å²) in [6.07, 6.45) is 0.747. The van der Waals surface area contributed by atoms with Crippen LogP contribution >= 0.6 is 27.3 Å². The first kappa shape index (κ1) is 9.16. The van der Waals surface area contributed by atoms with Crippen molar-refractivity contribution in [3.8, 4) is 0 Å². The minimum atomic E-state index is -0.0595. The summed E-state index contributed by atoms with van der Waals surface area (Å²) in [5.74, 6) is -0.0595. The summed E-state index contributed by atoms with van der Waals surface area (Å²) in [6, 6.07) is 5.78. The summed E-state index contributed by atoms with van der Waals surface area (Å²) in [7, 11) is 0. The smallest absolute Gasteiger partial charge is 0.144 e. The second-order valence-corrected chi connectivity index (χ2v) is 5.29. The van der Waals surface area contributed by atoms with Crippen molar-refractivity contribution in [2.75, 3.05) is 0 Å². The first-order chi connectivity index (χ1) is 6.22. The first-order valence-corrected chi connectivity index (χ1v) is 5.69. The molecule has 0 aliphatic rings. The molecule has 3 heteroatoms. The maximum absolute atomic E-state index is 13.7. The zero-order valence-electron chi connectivity index (χ0n) is 7.10. The summed E-state index contributed by atoms with van der Waals surface area (Å²) in [4.78, 5) is 0. The highest BCUT2D eigenvalue weighted by atomic mass is 79.9. The molecule has 13 heavy (non-hydrogen) atoms. The van der Waals surface area contributed by atoms with Crippen molar-refractivity contribution in [3.05, 3.63) is 33.4 Å². The monoisotopic (exact) mass is 258 g/mol. The van der Waals surface area contributed by atoms with Gasteiger partial charge in [0.25, 0.3) is 0 Å². The highest BCUT2D eigenvalue weighted by molar-refractivity contribution is 9.11. The number of fused-ring (bicyclic) bond motifs is 1. The van der Waals surface area contributed by atoms with Crippen LogP contribution in [-0.4, -0.2) is 0 Å². The quantitative estimate of drug-likeness (QED) is 0.713. The zero-order valence-corrected chi connectivity index (χ0v) is 9.51. The molecular formula is C10H8BrFS. The van der Waals surface area contributed by atoms with E-state index in [-0.39, 0.29) is 5.82 Å². The minimum absolute atomic E-state index is 0.0595. The van der Waals surface area contributed by atoms with Crippen molar-refractivity contribution in [1.82, 2.24) is 0 Å². The number of rotatable bonds is 1. The van der Waals surface area contributed by atoms with Gasteiger partial charge >= 0.3 is 0 Å². The van der Waals surface area contributed by atoms with Gasteiger partial charge in [0.15, 0.2) is 0 Å². The third kappa shape index (κ3) is 1.51. The van der Waals surface area contributed by atoms with Gasteiger partial charge < -0.3 is 0 Å². The summed E-state index contributed by atoms with van der Waals surface area (Å²) in [6.45, 7) is 1.97. The molecule has 2 aromatic rings. The van der Waals surface area contributed by atoms with Crippen molar-refractivity contribution in [1.29, 1.82) is 0 Å². The Bertz CT molecular complexity index is 447. The van der Waals surface area contributed by atoms with Gasteiger partial charge in [-0.15, -0.1) is 11.3 Å². The van der Waals surface area contributed by atoms with E-state index in [1.165, 1.54) is 11.3 Å². The Morgan fingerprint density at radius 2 is 2.23 bits per heavy atom. The number of benzene rings is 1. The Morgan fingerprint density at radius 3 is 2.92 bits per heavy atom. The summed E-state index contributed by atoms with van der Waals surface area (Å²) < 4.78 is 15.4. The molecular weight excluding hydrogens is 251 g/mol. The van der Waals surface area contributed by atoms with E-state index in [0.29, 0.717) is 0 Å². The second kappa shape index (κ2) is 3.39. The lowest BCUT2D eigenvalue weighted by Gasteiger charge is -1.98. The number of hydrogen-bond acceptors (Lipinski definition) is 1. The fourth-order valence-corrected chi connectivity index (χ4v) is 2.93. The lowest BCUT2D eigenvalue weighted by atomic mass is 10.1. The van der Waals surface area contributed by atoms with Crippen LogP contribution in [0.1, 0.15) is 12.5 Å². The van der Waals surface area contributed by atoms with E-state index in [4.69, 9.17) is 0 Å². The van der Waals surface area contributed by atoms with Crippen molar-refractivity contribution in [2.45, 2.75) is 13.3 Å². The van der Waals surface area contributed by atoms with Crippen LogP contribution in [-0.2, 0) is 6.42 Å². The van der Waals surface area contributed by atoms with E-state index in [0.717, 1.165) is 25.9 Å². The number of halogens is 2. The largest absolute Gasteiger partial charge is 0.205 e. The molecule has 1 aromatic heterocycles. The van der Waals surface area contributed by atoms with Gasteiger partial charge in [0, 0.05) is 0 Å². The van der Waals surface area contributed by atoms with Gasteiger partial charge in [0.1, 0.15) is 5.82 Å². The zero-order chi connectivity index (χ0) is 9.42. The molecule has 0 radical (unpaired) electrons. The Kier molecular flexibility index (Phi) is 2.39. The Balaban J connectivity index is 2.78. The van der Waals surface area contributed by atoms with Crippen LogP contribution in [0.2, 0.25) is 0 Å². The molecule has 0 bridgehead atoms. The topological polar surface area (TPSA) is 0 Å². The normalized spacial score (nSPS) is 11.0. The van der Waals surface area contributed by atoms with E-state index >= 15 is 0 Å². The lowest BCUT2D eigenvalue weighted by molar-refractivity contribution is 0.626. The van der Waals surface area contributed by atoms with Gasteiger partial charge in [-0.1, -0.05) is 19.1 Å². The molecule has 0 aliphatic heterocycles. The Hall–Kier alpha value is -0.410. The Morgan fingerprint density at radius 1 is 1.46 bits per heavy atom. The first-order valence-electron chi connectivity index (χ1n) is 4.08. The van der Waals surface area contributed by atoms with Crippen molar-refractivity contribution in [2.24, 2.45) is 0 Å². The molecule has 0 N–H and O–H groups in total. The fraction of sp³-hybridized carbons (Fsp3) is 0.200. The predicted octanol–water partition coefficient (Wildman–Crippen LogP) is 4.37. The molecule has 1 aromatic carbocycles. The fourth-order valence-electron chi connectivity index (χ4n) is 1.35. The van der Waals surface area contributed by atoms with Gasteiger partial charge in [0.2, 0.25) is 0 Å². The van der Waals surface area contributed by atoms with Crippen molar-refractivity contribution >= 4 is 37.4 Å². The van der Waals surface area contributed by atoms with Gasteiger partial charge in [-0.25, -0.2) is 4.39 Å². The molecule has 2 rings (SSSR count). The molecule has 0 nitrogen and oxygen atoms in total. The summed E-state index contributed by atoms with van der Waals surface area (Å²) in [5, 5.41) is 0.978. The average Bonchev–Trinajstić information content (AvgIpc) is 2.47. The standard InChI is InChI=1S/C10H8BrFS/c1-2-6-3-4-7-5-8(11)13-10(7)9(6)12/h3-5H,2H2,1H3. The molecule has 68 valence electrons. The minimum Gasteiger partial charge on any atom is -0.205 e.